The summed E-state index contributed by atoms with van der Waals surface area (Å²) in [6, 6.07) is 22.2. The van der Waals surface area contributed by atoms with Crippen molar-refractivity contribution in [2.24, 2.45) is 0 Å². The van der Waals surface area contributed by atoms with Gasteiger partial charge in [-0.3, -0.25) is 10.1 Å². The van der Waals surface area contributed by atoms with Gasteiger partial charge in [0, 0.05) is 18.0 Å². The van der Waals surface area contributed by atoms with E-state index in [0.29, 0.717) is 18.5 Å². The fourth-order valence-electron chi connectivity index (χ4n) is 6.43. The van der Waals surface area contributed by atoms with Crippen molar-refractivity contribution in [1.82, 2.24) is 10.6 Å². The van der Waals surface area contributed by atoms with Gasteiger partial charge in [-0.05, 0) is 73.6 Å². The number of esters is 1. The maximum absolute atomic E-state index is 13.6. The lowest BCUT2D eigenvalue weighted by Gasteiger charge is -2.36. The van der Waals surface area contributed by atoms with Crippen LogP contribution in [0.15, 0.2) is 72.8 Å². The van der Waals surface area contributed by atoms with Crippen LogP contribution in [0.25, 0.3) is 11.1 Å². The molecule has 1 fully saturated rings. The van der Waals surface area contributed by atoms with Crippen molar-refractivity contribution in [2.45, 2.75) is 82.4 Å². The van der Waals surface area contributed by atoms with Crippen molar-refractivity contribution >= 4 is 29.8 Å². The third kappa shape index (κ3) is 8.11. The number of ether oxygens (including phenoxy) is 3. The minimum atomic E-state index is -1.14. The van der Waals surface area contributed by atoms with Gasteiger partial charge in [0.15, 0.2) is 0 Å². The van der Waals surface area contributed by atoms with Gasteiger partial charge in [0.05, 0.1) is 7.11 Å². The zero-order chi connectivity index (χ0) is 33.6. The molecule has 3 aromatic rings. The molecule has 0 saturated heterocycles. The molecule has 3 aromatic carbocycles. The molecule has 2 aliphatic rings. The number of nitrogens with one attached hydrogen (secondary N) is 3. The van der Waals surface area contributed by atoms with Crippen molar-refractivity contribution in [1.29, 1.82) is 0 Å². The zero-order valence-electron chi connectivity index (χ0n) is 27.4. The molecule has 0 aromatic heterocycles. The van der Waals surface area contributed by atoms with Crippen LogP contribution in [0.4, 0.5) is 15.3 Å². The van der Waals surface area contributed by atoms with Crippen LogP contribution in [0.3, 0.4) is 0 Å². The number of fused-ring (bicyclic) bond motifs is 3. The van der Waals surface area contributed by atoms with E-state index in [1.54, 1.807) is 45.0 Å². The van der Waals surface area contributed by atoms with Crippen LogP contribution < -0.4 is 16.0 Å². The number of carbonyl (C=O) groups excluding carboxylic acids is 4. The number of anilines is 1. The number of hydrogen-bond acceptors (Lipinski definition) is 7. The highest BCUT2D eigenvalue weighted by Crippen LogP contribution is 2.44. The molecule has 5 rings (SSSR count). The maximum atomic E-state index is 13.6. The van der Waals surface area contributed by atoms with Gasteiger partial charge in [-0.1, -0.05) is 79.9 Å². The van der Waals surface area contributed by atoms with E-state index in [1.165, 1.54) is 7.11 Å². The van der Waals surface area contributed by atoms with E-state index in [9.17, 15) is 19.2 Å². The molecule has 47 heavy (non-hydrogen) atoms. The molecular weight excluding hydrogens is 598 g/mol. The number of methoxy groups -OCH3 is 1. The van der Waals surface area contributed by atoms with Crippen LogP contribution in [0.1, 0.15) is 75.5 Å². The summed E-state index contributed by atoms with van der Waals surface area (Å²) < 4.78 is 16.1. The summed E-state index contributed by atoms with van der Waals surface area (Å²) in [5.74, 6) is -1.06. The number of hydrogen-bond donors (Lipinski definition) is 3. The summed E-state index contributed by atoms with van der Waals surface area (Å²) in [4.78, 5) is 51.9. The quantitative estimate of drug-likeness (QED) is 0.180. The lowest BCUT2D eigenvalue weighted by atomic mass is 9.81. The van der Waals surface area contributed by atoms with Gasteiger partial charge in [0.25, 0.3) is 0 Å². The second kappa shape index (κ2) is 14.3. The first-order valence-corrected chi connectivity index (χ1v) is 16.1. The molecule has 1 atom stereocenters. The van der Waals surface area contributed by atoms with E-state index in [4.69, 9.17) is 14.2 Å². The average molecular weight is 642 g/mol. The van der Waals surface area contributed by atoms with Crippen LogP contribution >= 0.6 is 0 Å². The number of benzene rings is 3. The van der Waals surface area contributed by atoms with Gasteiger partial charge in [0.1, 0.15) is 23.8 Å². The average Bonchev–Trinajstić information content (AvgIpc) is 3.37. The first-order valence-electron chi connectivity index (χ1n) is 16.1. The largest absolute Gasteiger partial charge is 0.467 e. The van der Waals surface area contributed by atoms with Gasteiger partial charge in [-0.15, -0.1) is 0 Å². The number of amides is 3. The summed E-state index contributed by atoms with van der Waals surface area (Å²) in [5, 5.41) is 8.35. The lowest BCUT2D eigenvalue weighted by molar-refractivity contribution is -0.152. The zero-order valence-corrected chi connectivity index (χ0v) is 27.4. The van der Waals surface area contributed by atoms with Crippen LogP contribution in [-0.4, -0.2) is 55.0 Å². The predicted octanol–water partition coefficient (Wildman–Crippen LogP) is 6.48. The summed E-state index contributed by atoms with van der Waals surface area (Å²) in [6.45, 7) is 5.40. The standard InChI is InChI=1S/C37H43N3O7/c1-36(2,3)47-35(44)39-31(32(41)40-37(33(42)45-4)20-10-5-11-21-37)22-24-16-18-25(19-17-24)38-34(43)46-23-30-28-14-8-6-12-26(28)27-13-7-9-15-29(27)30/h6-9,12-19,30-31H,5,10-11,20-23H2,1-4H3,(H,38,43)(H,39,44)(H,40,41)/t31-/m0/s1. The van der Waals surface area contributed by atoms with Crippen molar-refractivity contribution in [3.63, 3.8) is 0 Å². The highest BCUT2D eigenvalue weighted by molar-refractivity contribution is 5.92. The van der Waals surface area contributed by atoms with Gasteiger partial charge in [0.2, 0.25) is 5.91 Å². The first-order chi connectivity index (χ1) is 22.5. The molecule has 2 aliphatic carbocycles. The minimum Gasteiger partial charge on any atom is -0.467 e. The molecule has 0 heterocycles. The third-order valence-corrected chi connectivity index (χ3v) is 8.64. The molecule has 3 amide bonds. The molecule has 0 unspecified atom stereocenters. The highest BCUT2D eigenvalue weighted by Gasteiger charge is 2.43. The fourth-order valence-corrected chi connectivity index (χ4v) is 6.43. The Morgan fingerprint density at radius 3 is 2.00 bits per heavy atom. The normalized spacial score (nSPS) is 15.7. The smallest absolute Gasteiger partial charge is 0.411 e. The number of rotatable bonds is 9. The van der Waals surface area contributed by atoms with Gasteiger partial charge < -0.3 is 24.8 Å². The van der Waals surface area contributed by atoms with Crippen molar-refractivity contribution in [2.75, 3.05) is 19.0 Å². The van der Waals surface area contributed by atoms with Gasteiger partial charge >= 0.3 is 18.2 Å². The number of carbonyl (C=O) groups is 4. The Bertz CT molecular complexity index is 1560. The fraction of sp³-hybridized carbons (Fsp3) is 0.405. The van der Waals surface area contributed by atoms with Crippen LogP contribution in [0, 0.1) is 0 Å². The van der Waals surface area contributed by atoms with Crippen molar-refractivity contribution < 1.29 is 33.4 Å². The molecule has 10 nitrogen and oxygen atoms in total. The predicted molar refractivity (Wildman–Crippen MR) is 178 cm³/mol. The van der Waals surface area contributed by atoms with E-state index in [1.807, 2.05) is 24.3 Å². The second-order valence-electron chi connectivity index (χ2n) is 13.2. The first kappa shape index (κ1) is 33.5. The Kier molecular flexibility index (Phi) is 10.2. The topological polar surface area (TPSA) is 132 Å². The summed E-state index contributed by atoms with van der Waals surface area (Å²) in [6.07, 6.45) is 2.22. The van der Waals surface area contributed by atoms with E-state index in [0.717, 1.165) is 47.1 Å². The SMILES string of the molecule is COC(=O)C1(NC(=O)[C@H](Cc2ccc(NC(=O)OCC3c4ccccc4-c4ccccc43)cc2)NC(=O)OC(C)(C)C)CCCCC1. The van der Waals surface area contributed by atoms with Crippen molar-refractivity contribution in [3.8, 4) is 11.1 Å². The van der Waals surface area contributed by atoms with E-state index in [-0.39, 0.29) is 18.9 Å². The third-order valence-electron chi connectivity index (χ3n) is 8.64. The van der Waals surface area contributed by atoms with Gasteiger partial charge in [-0.2, -0.15) is 0 Å². The van der Waals surface area contributed by atoms with E-state index >= 15 is 0 Å². The van der Waals surface area contributed by atoms with Gasteiger partial charge in [-0.25, -0.2) is 14.4 Å². The molecule has 0 radical (unpaired) electrons. The Morgan fingerprint density at radius 1 is 0.830 bits per heavy atom. The molecule has 10 heteroatoms. The Balaban J connectivity index is 1.23. The molecule has 1 saturated carbocycles. The minimum absolute atomic E-state index is 0.0528. The summed E-state index contributed by atoms with van der Waals surface area (Å²) >= 11 is 0. The summed E-state index contributed by atoms with van der Waals surface area (Å²) in [7, 11) is 1.30. The van der Waals surface area contributed by atoms with E-state index < -0.39 is 41.2 Å². The van der Waals surface area contributed by atoms with Crippen molar-refractivity contribution in [3.05, 3.63) is 89.5 Å². The van der Waals surface area contributed by atoms with Crippen LogP contribution in [-0.2, 0) is 30.2 Å². The number of alkyl carbamates (subject to hydrolysis) is 1. The monoisotopic (exact) mass is 641 g/mol. The molecule has 3 N–H and O–H groups in total. The maximum Gasteiger partial charge on any atom is 0.411 e. The molecule has 0 spiro atoms. The molecule has 248 valence electrons. The van der Waals surface area contributed by atoms with Crippen LogP contribution in [0.2, 0.25) is 0 Å². The Hall–Kier alpha value is -4.86. The highest BCUT2D eigenvalue weighted by atomic mass is 16.6. The van der Waals surface area contributed by atoms with E-state index in [2.05, 4.69) is 40.2 Å². The summed E-state index contributed by atoms with van der Waals surface area (Å²) in [5.41, 5.74) is 3.88. The molecular formula is C37H43N3O7. The Labute approximate surface area is 275 Å². The Morgan fingerprint density at radius 2 is 1.43 bits per heavy atom. The molecule has 0 bridgehead atoms. The van der Waals surface area contributed by atoms with Crippen LogP contribution in [0.5, 0.6) is 0 Å². The molecule has 0 aliphatic heterocycles. The second-order valence-corrected chi connectivity index (χ2v) is 13.2. The lowest BCUT2D eigenvalue weighted by Crippen LogP contribution is -2.61.